The monoisotopic (exact) mass is 455 g/mol. The molecule has 1 fully saturated rings. The second-order valence-electron chi connectivity index (χ2n) is 7.31. The van der Waals surface area contributed by atoms with Crippen molar-refractivity contribution >= 4 is 33.3 Å². The lowest BCUT2D eigenvalue weighted by atomic mass is 10.0. The number of furan rings is 1. The van der Waals surface area contributed by atoms with Crippen LogP contribution < -0.4 is 5.32 Å². The van der Waals surface area contributed by atoms with E-state index in [-0.39, 0.29) is 18.1 Å². The van der Waals surface area contributed by atoms with Gasteiger partial charge in [-0.05, 0) is 75.0 Å². The molecular weight excluding hydrogens is 434 g/mol. The van der Waals surface area contributed by atoms with E-state index in [9.17, 15) is 0 Å². The van der Waals surface area contributed by atoms with Gasteiger partial charge in [-0.3, -0.25) is 4.98 Å². The standard InChI is InChI=1S/C22H22BrN3OS/c1-13(2)26-21(20(25-22(26)28)17-6-4-5-11-24-17)19-10-9-18(27-19)15-8-7-14(3)12-16(15)23/h4-13,20-21H,1-3H3,(H,25,28)/t20-,21+/m1/s1. The van der Waals surface area contributed by atoms with Gasteiger partial charge < -0.3 is 14.6 Å². The highest BCUT2D eigenvalue weighted by atomic mass is 79.9. The van der Waals surface area contributed by atoms with Crippen molar-refractivity contribution < 1.29 is 4.42 Å². The first-order valence-corrected chi connectivity index (χ1v) is 10.5. The average molecular weight is 456 g/mol. The molecule has 2 aromatic heterocycles. The molecular formula is C22H22BrN3OS. The molecule has 1 aliphatic rings. The fourth-order valence-electron chi connectivity index (χ4n) is 3.70. The van der Waals surface area contributed by atoms with Gasteiger partial charge >= 0.3 is 0 Å². The molecule has 3 heterocycles. The molecule has 0 radical (unpaired) electrons. The molecule has 144 valence electrons. The predicted molar refractivity (Wildman–Crippen MR) is 119 cm³/mol. The van der Waals surface area contributed by atoms with Crippen molar-refractivity contribution in [2.75, 3.05) is 0 Å². The molecule has 0 bridgehead atoms. The number of nitrogens with zero attached hydrogens (tertiary/aromatic N) is 2. The van der Waals surface area contributed by atoms with Crippen LogP contribution in [-0.2, 0) is 0 Å². The molecule has 0 unspecified atom stereocenters. The van der Waals surface area contributed by atoms with Gasteiger partial charge in [0.1, 0.15) is 17.6 Å². The quantitative estimate of drug-likeness (QED) is 0.503. The SMILES string of the molecule is Cc1ccc(-c2ccc([C@H]3[C@@H](c4ccccn4)NC(=S)N3C(C)C)o2)c(Br)c1. The fraction of sp³-hybridized carbons (Fsp3) is 0.273. The Morgan fingerprint density at radius 2 is 2.00 bits per heavy atom. The molecule has 2 atom stereocenters. The van der Waals surface area contributed by atoms with Crippen LogP contribution in [0.15, 0.2) is 63.6 Å². The van der Waals surface area contributed by atoms with Crippen molar-refractivity contribution in [3.63, 3.8) is 0 Å². The van der Waals surface area contributed by atoms with E-state index in [1.54, 1.807) is 0 Å². The summed E-state index contributed by atoms with van der Waals surface area (Å²) in [5, 5.41) is 4.17. The smallest absolute Gasteiger partial charge is 0.170 e. The van der Waals surface area contributed by atoms with Crippen LogP contribution in [0.1, 0.15) is 42.9 Å². The van der Waals surface area contributed by atoms with E-state index in [1.165, 1.54) is 5.56 Å². The van der Waals surface area contributed by atoms with Gasteiger partial charge in [0.05, 0.1) is 11.7 Å². The minimum Gasteiger partial charge on any atom is -0.459 e. The molecule has 1 aromatic carbocycles. The van der Waals surface area contributed by atoms with Crippen LogP contribution in [0.5, 0.6) is 0 Å². The number of rotatable bonds is 4. The van der Waals surface area contributed by atoms with Crippen LogP contribution in [0.4, 0.5) is 0 Å². The van der Waals surface area contributed by atoms with Crippen LogP contribution in [0, 0.1) is 6.92 Å². The fourth-order valence-corrected chi connectivity index (χ4v) is 4.84. The molecule has 6 heteroatoms. The van der Waals surface area contributed by atoms with Crippen molar-refractivity contribution in [2.45, 2.75) is 38.9 Å². The second kappa shape index (κ2) is 7.68. The third-order valence-corrected chi connectivity index (χ3v) is 5.98. The van der Waals surface area contributed by atoms with Crippen molar-refractivity contribution in [3.05, 3.63) is 76.2 Å². The van der Waals surface area contributed by atoms with E-state index in [0.29, 0.717) is 0 Å². The minimum atomic E-state index is -0.0587. The number of thiocarbonyl (C=S) groups is 1. The number of aromatic nitrogens is 1. The zero-order valence-electron chi connectivity index (χ0n) is 16.0. The van der Waals surface area contributed by atoms with Gasteiger partial charge in [0, 0.05) is 22.3 Å². The van der Waals surface area contributed by atoms with Crippen molar-refractivity contribution in [3.8, 4) is 11.3 Å². The van der Waals surface area contributed by atoms with Gasteiger partial charge in [0.25, 0.3) is 0 Å². The van der Waals surface area contributed by atoms with Gasteiger partial charge in [0.2, 0.25) is 0 Å². The highest BCUT2D eigenvalue weighted by Crippen LogP contribution is 2.42. The molecule has 28 heavy (non-hydrogen) atoms. The summed E-state index contributed by atoms with van der Waals surface area (Å²) in [5.41, 5.74) is 3.19. The molecule has 0 amide bonds. The van der Waals surface area contributed by atoms with E-state index >= 15 is 0 Å². The molecule has 1 aliphatic heterocycles. The lowest BCUT2D eigenvalue weighted by Crippen LogP contribution is -2.35. The second-order valence-corrected chi connectivity index (χ2v) is 8.55. The summed E-state index contributed by atoms with van der Waals surface area (Å²) in [4.78, 5) is 6.75. The molecule has 0 spiro atoms. The van der Waals surface area contributed by atoms with E-state index in [0.717, 1.165) is 32.4 Å². The lowest BCUT2D eigenvalue weighted by Gasteiger charge is -2.29. The molecule has 1 saturated heterocycles. The van der Waals surface area contributed by atoms with E-state index in [1.807, 2.05) is 36.5 Å². The summed E-state index contributed by atoms with van der Waals surface area (Å²) < 4.78 is 7.38. The van der Waals surface area contributed by atoms with Crippen LogP contribution in [0.3, 0.4) is 0 Å². The molecule has 1 N–H and O–H groups in total. The first-order chi connectivity index (χ1) is 13.5. The van der Waals surface area contributed by atoms with Crippen LogP contribution in [-0.4, -0.2) is 21.0 Å². The summed E-state index contributed by atoms with van der Waals surface area (Å²) in [7, 11) is 0. The highest BCUT2D eigenvalue weighted by molar-refractivity contribution is 9.10. The number of hydrogen-bond acceptors (Lipinski definition) is 3. The summed E-state index contributed by atoms with van der Waals surface area (Å²) in [5.74, 6) is 1.71. The van der Waals surface area contributed by atoms with Gasteiger partial charge in [-0.25, -0.2) is 0 Å². The van der Waals surface area contributed by atoms with Crippen molar-refractivity contribution in [2.24, 2.45) is 0 Å². The van der Waals surface area contributed by atoms with Crippen LogP contribution in [0.25, 0.3) is 11.3 Å². The maximum Gasteiger partial charge on any atom is 0.170 e. The maximum atomic E-state index is 6.36. The number of hydrogen-bond donors (Lipinski definition) is 1. The molecule has 3 aromatic rings. The van der Waals surface area contributed by atoms with Gasteiger partial charge in [-0.15, -0.1) is 0 Å². The Hall–Kier alpha value is -2.18. The molecule has 0 saturated carbocycles. The lowest BCUT2D eigenvalue weighted by molar-refractivity contribution is 0.237. The van der Waals surface area contributed by atoms with Crippen molar-refractivity contribution in [1.29, 1.82) is 0 Å². The van der Waals surface area contributed by atoms with Crippen LogP contribution >= 0.6 is 28.1 Å². The third-order valence-electron chi connectivity index (χ3n) is 5.00. The Bertz CT molecular complexity index is 1000. The summed E-state index contributed by atoms with van der Waals surface area (Å²) >= 11 is 9.30. The van der Waals surface area contributed by atoms with Gasteiger partial charge in [-0.2, -0.15) is 0 Å². The number of nitrogens with one attached hydrogen (secondary N) is 1. The number of pyridine rings is 1. The third kappa shape index (κ3) is 3.47. The largest absolute Gasteiger partial charge is 0.459 e. The van der Waals surface area contributed by atoms with Crippen molar-refractivity contribution in [1.82, 2.24) is 15.2 Å². The summed E-state index contributed by atoms with van der Waals surface area (Å²) in [6, 6.07) is 16.4. The molecule has 4 rings (SSSR count). The topological polar surface area (TPSA) is 41.3 Å². The first-order valence-electron chi connectivity index (χ1n) is 9.31. The average Bonchev–Trinajstić information content (AvgIpc) is 3.26. The Labute approximate surface area is 179 Å². The van der Waals surface area contributed by atoms with E-state index < -0.39 is 0 Å². The Balaban J connectivity index is 1.76. The normalized spacial score (nSPS) is 19.3. The Kier molecular flexibility index (Phi) is 5.25. The molecule has 4 nitrogen and oxygen atoms in total. The molecule has 0 aliphatic carbocycles. The highest BCUT2D eigenvalue weighted by Gasteiger charge is 2.42. The minimum absolute atomic E-state index is 0.0552. The Morgan fingerprint density at radius 3 is 2.68 bits per heavy atom. The van der Waals surface area contributed by atoms with Crippen LogP contribution in [0.2, 0.25) is 0 Å². The predicted octanol–water partition coefficient (Wildman–Crippen LogP) is 5.79. The van der Waals surface area contributed by atoms with Gasteiger partial charge in [-0.1, -0.05) is 28.1 Å². The van der Waals surface area contributed by atoms with E-state index in [4.69, 9.17) is 16.6 Å². The number of halogens is 1. The Morgan fingerprint density at radius 1 is 1.18 bits per heavy atom. The zero-order valence-corrected chi connectivity index (χ0v) is 18.4. The summed E-state index contributed by atoms with van der Waals surface area (Å²) in [6.45, 7) is 6.36. The maximum absolute atomic E-state index is 6.36. The number of benzene rings is 1. The zero-order chi connectivity index (χ0) is 19.8. The number of aryl methyl sites for hydroxylation is 1. The van der Waals surface area contributed by atoms with Gasteiger partial charge in [0.15, 0.2) is 5.11 Å². The van der Waals surface area contributed by atoms with E-state index in [2.05, 4.69) is 70.1 Å². The summed E-state index contributed by atoms with van der Waals surface area (Å²) in [6.07, 6.45) is 1.81. The first kappa shape index (κ1) is 19.2.